The van der Waals surface area contributed by atoms with Crippen LogP contribution in [0.1, 0.15) is 27.2 Å². The molecule has 0 spiro atoms. The van der Waals surface area contributed by atoms with Crippen LogP contribution >= 0.6 is 0 Å². The molecular weight excluding hydrogens is 234 g/mol. The van der Waals surface area contributed by atoms with Crippen molar-refractivity contribution in [3.05, 3.63) is 0 Å². The molecular formula is C12H21N3O3. The molecule has 2 saturated heterocycles. The van der Waals surface area contributed by atoms with E-state index in [0.717, 1.165) is 13.0 Å². The van der Waals surface area contributed by atoms with Crippen molar-refractivity contribution < 1.29 is 14.3 Å². The third-order valence-electron chi connectivity index (χ3n) is 3.13. The number of ether oxygens (including phenoxy) is 1. The van der Waals surface area contributed by atoms with E-state index < -0.39 is 11.7 Å². The molecule has 0 aromatic carbocycles. The first-order chi connectivity index (χ1) is 8.37. The van der Waals surface area contributed by atoms with Crippen molar-refractivity contribution in [2.75, 3.05) is 19.6 Å². The molecule has 0 aromatic rings. The van der Waals surface area contributed by atoms with Gasteiger partial charge >= 0.3 is 6.09 Å². The normalized spacial score (nSPS) is 28.4. The summed E-state index contributed by atoms with van der Waals surface area (Å²) in [6.45, 7) is 7.14. The monoisotopic (exact) mass is 255 g/mol. The zero-order valence-corrected chi connectivity index (χ0v) is 11.2. The maximum atomic E-state index is 12.1. The number of hydrogen-bond acceptors (Lipinski definition) is 4. The van der Waals surface area contributed by atoms with Gasteiger partial charge < -0.3 is 15.4 Å². The summed E-state index contributed by atoms with van der Waals surface area (Å²) in [5.41, 5.74) is -0.534. The van der Waals surface area contributed by atoms with Crippen molar-refractivity contribution in [2.45, 2.75) is 44.9 Å². The quantitative estimate of drug-likeness (QED) is 0.643. The molecule has 18 heavy (non-hydrogen) atoms. The third kappa shape index (κ3) is 2.93. The van der Waals surface area contributed by atoms with Crippen molar-refractivity contribution in [1.82, 2.24) is 15.5 Å². The van der Waals surface area contributed by atoms with Crippen molar-refractivity contribution >= 4 is 12.0 Å². The highest BCUT2D eigenvalue weighted by molar-refractivity contribution is 5.84. The number of fused-ring (bicyclic) bond motifs is 1. The number of carbonyl (C=O) groups is 2. The third-order valence-corrected chi connectivity index (χ3v) is 3.13. The smallest absolute Gasteiger partial charge is 0.411 e. The Balaban J connectivity index is 2.09. The van der Waals surface area contributed by atoms with Crippen LogP contribution < -0.4 is 10.6 Å². The number of hydrogen-bond donors (Lipinski definition) is 2. The molecule has 0 aromatic heterocycles. The SMILES string of the molecule is CC(C)(C)OC(=O)N1CC(=O)N[C@H]2CNCC[C@H]21. The number of piperidine rings is 1. The number of amides is 2. The molecule has 6 heteroatoms. The zero-order valence-electron chi connectivity index (χ0n) is 11.2. The summed E-state index contributed by atoms with van der Waals surface area (Å²) >= 11 is 0. The number of nitrogens with one attached hydrogen (secondary N) is 2. The lowest BCUT2D eigenvalue weighted by Crippen LogP contribution is -2.67. The van der Waals surface area contributed by atoms with Crippen LogP contribution in [0, 0.1) is 0 Å². The minimum Gasteiger partial charge on any atom is -0.444 e. The molecule has 0 bridgehead atoms. The van der Waals surface area contributed by atoms with Crippen LogP contribution in [-0.4, -0.2) is 54.2 Å². The van der Waals surface area contributed by atoms with Gasteiger partial charge in [0.05, 0.1) is 12.1 Å². The first-order valence-electron chi connectivity index (χ1n) is 6.36. The van der Waals surface area contributed by atoms with E-state index in [0.29, 0.717) is 6.54 Å². The molecule has 2 rings (SSSR count). The van der Waals surface area contributed by atoms with Crippen LogP contribution in [-0.2, 0) is 9.53 Å². The van der Waals surface area contributed by atoms with Gasteiger partial charge in [0.1, 0.15) is 12.1 Å². The van der Waals surface area contributed by atoms with E-state index in [1.165, 1.54) is 0 Å². The van der Waals surface area contributed by atoms with Crippen LogP contribution in [0.4, 0.5) is 4.79 Å². The Morgan fingerprint density at radius 3 is 2.83 bits per heavy atom. The van der Waals surface area contributed by atoms with Crippen LogP contribution in [0.3, 0.4) is 0 Å². The topological polar surface area (TPSA) is 70.7 Å². The van der Waals surface area contributed by atoms with Gasteiger partial charge in [-0.2, -0.15) is 0 Å². The number of rotatable bonds is 0. The van der Waals surface area contributed by atoms with Gasteiger partial charge in [-0.05, 0) is 33.7 Å². The fraction of sp³-hybridized carbons (Fsp3) is 0.833. The Hall–Kier alpha value is -1.30. The maximum Gasteiger partial charge on any atom is 0.411 e. The molecule has 2 heterocycles. The largest absolute Gasteiger partial charge is 0.444 e. The summed E-state index contributed by atoms with van der Waals surface area (Å²) < 4.78 is 5.36. The maximum absolute atomic E-state index is 12.1. The molecule has 2 aliphatic rings. The van der Waals surface area contributed by atoms with Gasteiger partial charge in [0.15, 0.2) is 0 Å². The molecule has 102 valence electrons. The predicted octanol–water partition coefficient (Wildman–Crippen LogP) is 0.0838. The highest BCUT2D eigenvalue weighted by atomic mass is 16.6. The van der Waals surface area contributed by atoms with Gasteiger partial charge in [0.25, 0.3) is 0 Å². The van der Waals surface area contributed by atoms with E-state index in [9.17, 15) is 9.59 Å². The average Bonchev–Trinajstić information content (AvgIpc) is 2.25. The summed E-state index contributed by atoms with van der Waals surface area (Å²) in [5.74, 6) is -0.120. The van der Waals surface area contributed by atoms with Crippen molar-refractivity contribution in [1.29, 1.82) is 0 Å². The van der Waals surface area contributed by atoms with E-state index in [4.69, 9.17) is 4.74 Å². The van der Waals surface area contributed by atoms with Crippen molar-refractivity contribution in [3.8, 4) is 0 Å². The van der Waals surface area contributed by atoms with Crippen LogP contribution in [0.5, 0.6) is 0 Å². The Kier molecular flexibility index (Phi) is 3.47. The zero-order chi connectivity index (χ0) is 13.3. The molecule has 6 nitrogen and oxygen atoms in total. The molecule has 0 radical (unpaired) electrons. The average molecular weight is 255 g/mol. The first kappa shape index (κ1) is 13.1. The minimum absolute atomic E-state index is 0.00693. The van der Waals surface area contributed by atoms with Gasteiger partial charge in [0, 0.05) is 6.54 Å². The predicted molar refractivity (Wildman–Crippen MR) is 66.1 cm³/mol. The summed E-state index contributed by atoms with van der Waals surface area (Å²) in [7, 11) is 0. The summed E-state index contributed by atoms with van der Waals surface area (Å²) in [6, 6.07) is 0.0336. The van der Waals surface area contributed by atoms with Crippen LogP contribution in [0.15, 0.2) is 0 Å². The molecule has 2 atom stereocenters. The van der Waals surface area contributed by atoms with Gasteiger partial charge in [-0.15, -0.1) is 0 Å². The second-order valence-electron chi connectivity index (χ2n) is 5.84. The van der Waals surface area contributed by atoms with E-state index in [2.05, 4.69) is 10.6 Å². The van der Waals surface area contributed by atoms with Crippen LogP contribution in [0.2, 0.25) is 0 Å². The number of piperazine rings is 1. The molecule has 0 unspecified atom stereocenters. The first-order valence-corrected chi connectivity index (χ1v) is 6.36. The van der Waals surface area contributed by atoms with E-state index >= 15 is 0 Å². The highest BCUT2D eigenvalue weighted by Gasteiger charge is 2.40. The fourth-order valence-corrected chi connectivity index (χ4v) is 2.41. The van der Waals surface area contributed by atoms with E-state index in [-0.39, 0.29) is 24.5 Å². The highest BCUT2D eigenvalue weighted by Crippen LogP contribution is 2.19. The molecule has 0 saturated carbocycles. The number of carbonyl (C=O) groups excluding carboxylic acids is 2. The summed E-state index contributed by atoms with van der Waals surface area (Å²) in [4.78, 5) is 25.3. The standard InChI is InChI=1S/C12H21N3O3/c1-12(2,3)18-11(17)15-7-10(16)14-8-6-13-5-4-9(8)15/h8-9,13H,4-7H2,1-3H3,(H,14,16)/t8-,9+/m0/s1. The Morgan fingerprint density at radius 1 is 1.44 bits per heavy atom. The van der Waals surface area contributed by atoms with Gasteiger partial charge in [-0.25, -0.2) is 4.79 Å². The van der Waals surface area contributed by atoms with Crippen LogP contribution in [0.25, 0.3) is 0 Å². The number of nitrogens with zero attached hydrogens (tertiary/aromatic N) is 1. The van der Waals surface area contributed by atoms with Gasteiger partial charge in [-0.1, -0.05) is 0 Å². The fourth-order valence-electron chi connectivity index (χ4n) is 2.41. The summed E-state index contributed by atoms with van der Waals surface area (Å²) in [5, 5.41) is 6.13. The van der Waals surface area contributed by atoms with E-state index in [1.807, 2.05) is 20.8 Å². The van der Waals surface area contributed by atoms with Gasteiger partial charge in [0.2, 0.25) is 5.91 Å². The minimum atomic E-state index is -0.534. The van der Waals surface area contributed by atoms with Crippen molar-refractivity contribution in [2.24, 2.45) is 0 Å². The second-order valence-corrected chi connectivity index (χ2v) is 5.84. The lowest BCUT2D eigenvalue weighted by molar-refractivity contribution is -0.127. The molecule has 2 amide bonds. The Labute approximate surface area is 107 Å². The lowest BCUT2D eigenvalue weighted by Gasteiger charge is -2.44. The van der Waals surface area contributed by atoms with Gasteiger partial charge in [-0.3, -0.25) is 9.69 Å². The lowest BCUT2D eigenvalue weighted by atomic mass is 9.97. The second kappa shape index (κ2) is 4.76. The Morgan fingerprint density at radius 2 is 2.17 bits per heavy atom. The summed E-state index contributed by atoms with van der Waals surface area (Å²) in [6.07, 6.45) is 0.443. The molecule has 2 N–H and O–H groups in total. The van der Waals surface area contributed by atoms with Crippen molar-refractivity contribution in [3.63, 3.8) is 0 Å². The molecule has 2 aliphatic heterocycles. The molecule has 0 aliphatic carbocycles. The Bertz CT molecular complexity index is 351. The van der Waals surface area contributed by atoms with E-state index in [1.54, 1.807) is 4.90 Å². The molecule has 2 fully saturated rings.